The van der Waals surface area contributed by atoms with Gasteiger partial charge < -0.3 is 0 Å². The predicted octanol–water partition coefficient (Wildman–Crippen LogP) is 4.03. The Morgan fingerprint density at radius 2 is 2.00 bits per heavy atom. The number of sulfonamides is 1. The van der Waals surface area contributed by atoms with E-state index in [0.717, 1.165) is 25.3 Å². The first-order valence-corrected chi connectivity index (χ1v) is 10.5. The minimum Gasteiger partial charge on any atom is -0.240 e. The van der Waals surface area contributed by atoms with Gasteiger partial charge in [0.1, 0.15) is 9.22 Å². The lowest BCUT2D eigenvalue weighted by Gasteiger charge is -2.03. The topological polar surface area (TPSA) is 59.1 Å². The molecule has 22 heavy (non-hydrogen) atoms. The molecule has 3 aromatic rings. The lowest BCUT2D eigenvalue weighted by Crippen LogP contribution is -2.22. The SMILES string of the molecule is Cc1ccc(S(=O)(=O)NCc2sc(-c3cccs3)nc2C)s1. The molecule has 0 saturated carbocycles. The second kappa shape index (κ2) is 6.21. The summed E-state index contributed by atoms with van der Waals surface area (Å²) in [5.74, 6) is 0. The van der Waals surface area contributed by atoms with Crippen molar-refractivity contribution in [3.8, 4) is 9.88 Å². The summed E-state index contributed by atoms with van der Waals surface area (Å²) in [6.45, 7) is 4.07. The number of hydrogen-bond acceptors (Lipinski definition) is 6. The van der Waals surface area contributed by atoms with Gasteiger partial charge in [0.2, 0.25) is 10.0 Å². The van der Waals surface area contributed by atoms with E-state index in [2.05, 4.69) is 9.71 Å². The number of rotatable bonds is 5. The van der Waals surface area contributed by atoms with Crippen LogP contribution in [-0.2, 0) is 16.6 Å². The van der Waals surface area contributed by atoms with Gasteiger partial charge in [0.15, 0.2) is 0 Å². The fourth-order valence-electron chi connectivity index (χ4n) is 1.89. The number of nitrogens with zero attached hydrogens (tertiary/aromatic N) is 1. The van der Waals surface area contributed by atoms with Crippen LogP contribution in [0.2, 0.25) is 0 Å². The average Bonchev–Trinajstić information content (AvgIpc) is 3.17. The van der Waals surface area contributed by atoms with Gasteiger partial charge in [-0.15, -0.1) is 34.0 Å². The predicted molar refractivity (Wildman–Crippen MR) is 93.2 cm³/mol. The fourth-order valence-corrected chi connectivity index (χ4v) is 6.10. The third-order valence-corrected chi connectivity index (χ3v) is 8.12. The minimum absolute atomic E-state index is 0.272. The molecule has 3 aromatic heterocycles. The van der Waals surface area contributed by atoms with Crippen LogP contribution in [0.1, 0.15) is 15.4 Å². The van der Waals surface area contributed by atoms with Crippen molar-refractivity contribution in [3.63, 3.8) is 0 Å². The molecule has 1 N–H and O–H groups in total. The van der Waals surface area contributed by atoms with E-state index in [1.165, 1.54) is 22.7 Å². The monoisotopic (exact) mass is 370 g/mol. The molecule has 4 nitrogen and oxygen atoms in total. The van der Waals surface area contributed by atoms with Crippen molar-refractivity contribution in [1.29, 1.82) is 0 Å². The van der Waals surface area contributed by atoms with Crippen LogP contribution in [0, 0.1) is 13.8 Å². The molecule has 0 unspecified atom stereocenters. The second-order valence-electron chi connectivity index (χ2n) is 4.69. The van der Waals surface area contributed by atoms with Gasteiger partial charge in [-0.05, 0) is 37.4 Å². The van der Waals surface area contributed by atoms with Crippen molar-refractivity contribution >= 4 is 44.0 Å². The highest BCUT2D eigenvalue weighted by molar-refractivity contribution is 7.91. The second-order valence-corrected chi connectivity index (χ2v) is 10.0. The van der Waals surface area contributed by atoms with Gasteiger partial charge >= 0.3 is 0 Å². The van der Waals surface area contributed by atoms with Gasteiger partial charge in [-0.2, -0.15) is 0 Å². The van der Waals surface area contributed by atoms with Crippen LogP contribution < -0.4 is 4.72 Å². The highest BCUT2D eigenvalue weighted by atomic mass is 32.2. The van der Waals surface area contributed by atoms with E-state index < -0.39 is 10.0 Å². The molecule has 3 heterocycles. The first kappa shape index (κ1) is 15.8. The largest absolute Gasteiger partial charge is 0.250 e. The summed E-state index contributed by atoms with van der Waals surface area (Å²) in [7, 11) is -3.45. The maximum Gasteiger partial charge on any atom is 0.250 e. The normalized spacial score (nSPS) is 11.9. The fraction of sp³-hybridized carbons (Fsp3) is 0.214. The maximum absolute atomic E-state index is 12.3. The average molecular weight is 371 g/mol. The molecule has 3 rings (SSSR count). The van der Waals surface area contributed by atoms with Crippen molar-refractivity contribution in [3.05, 3.63) is 45.1 Å². The Balaban J connectivity index is 1.77. The summed E-state index contributed by atoms with van der Waals surface area (Å²) >= 11 is 4.44. The summed E-state index contributed by atoms with van der Waals surface area (Å²) in [4.78, 5) is 7.56. The summed E-state index contributed by atoms with van der Waals surface area (Å²) in [5.41, 5.74) is 0.874. The number of thiazole rings is 1. The Hall–Kier alpha value is -1.06. The van der Waals surface area contributed by atoms with E-state index in [1.807, 2.05) is 37.4 Å². The number of hydrogen-bond donors (Lipinski definition) is 1. The van der Waals surface area contributed by atoms with Crippen LogP contribution in [0.4, 0.5) is 0 Å². The van der Waals surface area contributed by atoms with E-state index >= 15 is 0 Å². The van der Waals surface area contributed by atoms with Crippen molar-refractivity contribution < 1.29 is 8.42 Å². The van der Waals surface area contributed by atoms with Gasteiger partial charge in [-0.25, -0.2) is 18.1 Å². The molecule has 0 bridgehead atoms. The van der Waals surface area contributed by atoms with Gasteiger partial charge in [0.05, 0.1) is 10.6 Å². The molecule has 0 aliphatic rings. The van der Waals surface area contributed by atoms with Crippen molar-refractivity contribution in [2.75, 3.05) is 0 Å². The smallest absolute Gasteiger partial charge is 0.240 e. The molecule has 0 aliphatic heterocycles. The lowest BCUT2D eigenvalue weighted by molar-refractivity contribution is 0.584. The highest BCUT2D eigenvalue weighted by Crippen LogP contribution is 2.31. The van der Waals surface area contributed by atoms with Crippen molar-refractivity contribution in [2.45, 2.75) is 24.6 Å². The van der Waals surface area contributed by atoms with E-state index in [1.54, 1.807) is 17.4 Å². The maximum atomic E-state index is 12.3. The Morgan fingerprint density at radius 3 is 2.64 bits per heavy atom. The molecule has 0 atom stereocenters. The Bertz CT molecular complexity index is 876. The highest BCUT2D eigenvalue weighted by Gasteiger charge is 2.18. The number of thiophene rings is 2. The van der Waals surface area contributed by atoms with Gasteiger partial charge in [-0.1, -0.05) is 6.07 Å². The summed E-state index contributed by atoms with van der Waals surface area (Å²) in [5, 5.41) is 2.95. The summed E-state index contributed by atoms with van der Waals surface area (Å²) in [6, 6.07) is 7.45. The standard InChI is InChI=1S/C14H14N2O2S4/c1-9-5-6-13(20-9)22(17,18)15-8-12-10(2)16-14(21-12)11-4-3-7-19-11/h3-7,15H,8H2,1-2H3. The first-order valence-electron chi connectivity index (χ1n) is 6.52. The molecule has 0 fully saturated rings. The van der Waals surface area contributed by atoms with Crippen molar-refractivity contribution in [1.82, 2.24) is 9.71 Å². The molecule has 0 radical (unpaired) electrons. The molecular formula is C14H14N2O2S4. The van der Waals surface area contributed by atoms with Crippen LogP contribution in [-0.4, -0.2) is 13.4 Å². The molecule has 0 saturated heterocycles. The van der Waals surface area contributed by atoms with Crippen LogP contribution in [0.15, 0.2) is 33.9 Å². The zero-order valence-corrected chi connectivity index (χ0v) is 15.3. The zero-order valence-electron chi connectivity index (χ0n) is 12.0. The van der Waals surface area contributed by atoms with Gasteiger partial charge in [-0.3, -0.25) is 0 Å². The van der Waals surface area contributed by atoms with Gasteiger partial charge in [0, 0.05) is 16.3 Å². The van der Waals surface area contributed by atoms with Crippen LogP contribution >= 0.6 is 34.0 Å². The van der Waals surface area contributed by atoms with Gasteiger partial charge in [0.25, 0.3) is 0 Å². The van der Waals surface area contributed by atoms with Crippen LogP contribution in [0.5, 0.6) is 0 Å². The number of nitrogens with one attached hydrogen (secondary N) is 1. The Morgan fingerprint density at radius 1 is 1.18 bits per heavy atom. The summed E-state index contributed by atoms with van der Waals surface area (Å²) in [6.07, 6.45) is 0. The van der Waals surface area contributed by atoms with Crippen molar-refractivity contribution in [2.24, 2.45) is 0 Å². The summed E-state index contributed by atoms with van der Waals surface area (Å²) < 4.78 is 27.5. The molecule has 0 amide bonds. The molecule has 116 valence electrons. The minimum atomic E-state index is -3.45. The first-order chi connectivity index (χ1) is 10.5. The van der Waals surface area contributed by atoms with E-state index in [9.17, 15) is 8.42 Å². The molecule has 0 aromatic carbocycles. The third-order valence-electron chi connectivity index (χ3n) is 3.03. The molecule has 0 spiro atoms. The van der Waals surface area contributed by atoms with E-state index in [4.69, 9.17) is 0 Å². The Labute approximate surface area is 141 Å². The molecule has 8 heteroatoms. The quantitative estimate of drug-likeness (QED) is 0.738. The number of aryl methyl sites for hydroxylation is 2. The number of aromatic nitrogens is 1. The Kier molecular flexibility index (Phi) is 4.47. The molecular weight excluding hydrogens is 356 g/mol. The van der Waals surface area contributed by atoms with E-state index in [-0.39, 0.29) is 6.54 Å². The molecule has 0 aliphatic carbocycles. The lowest BCUT2D eigenvalue weighted by atomic mass is 10.4. The zero-order chi connectivity index (χ0) is 15.7. The van der Waals surface area contributed by atoms with E-state index in [0.29, 0.717) is 4.21 Å². The van der Waals surface area contributed by atoms with Crippen LogP contribution in [0.3, 0.4) is 0 Å². The third kappa shape index (κ3) is 3.31. The van der Waals surface area contributed by atoms with Crippen LogP contribution in [0.25, 0.3) is 9.88 Å².